The number of benzene rings is 1. The molecule has 0 atom stereocenters. The third-order valence-electron chi connectivity index (χ3n) is 3.72. The van der Waals surface area contributed by atoms with Crippen LogP contribution in [0.1, 0.15) is 20.9 Å². The summed E-state index contributed by atoms with van der Waals surface area (Å²) in [6, 6.07) is 8.28. The van der Waals surface area contributed by atoms with Gasteiger partial charge in [0.15, 0.2) is 0 Å². The molecule has 21 heavy (non-hydrogen) atoms. The van der Waals surface area contributed by atoms with Gasteiger partial charge in [-0.15, -0.1) is 11.3 Å². The molecule has 104 valence electrons. The molecule has 2 N–H and O–H groups in total. The standard InChI is InChI=1S/C15H12N4OS/c1-19-13(14(16)20)10(7-17-19)15-18-12-9-5-3-2-4-8(9)6-11(12)21-15/h2-5,7H,6H2,1H3,(H2,16,20). The van der Waals surface area contributed by atoms with Gasteiger partial charge in [-0.3, -0.25) is 9.48 Å². The maximum absolute atomic E-state index is 11.6. The summed E-state index contributed by atoms with van der Waals surface area (Å²) >= 11 is 1.60. The number of carbonyl (C=O) groups is 1. The molecule has 0 bridgehead atoms. The molecule has 0 aliphatic heterocycles. The van der Waals surface area contributed by atoms with E-state index in [1.54, 1.807) is 24.6 Å². The summed E-state index contributed by atoms with van der Waals surface area (Å²) in [4.78, 5) is 17.5. The Morgan fingerprint density at radius 3 is 2.95 bits per heavy atom. The zero-order chi connectivity index (χ0) is 14.6. The number of rotatable bonds is 2. The normalized spacial score (nSPS) is 12.2. The van der Waals surface area contributed by atoms with Gasteiger partial charge in [-0.2, -0.15) is 5.10 Å². The lowest BCUT2D eigenvalue weighted by molar-refractivity contribution is 0.0992. The van der Waals surface area contributed by atoms with E-state index in [0.717, 1.165) is 17.1 Å². The molecule has 1 amide bonds. The Labute approximate surface area is 125 Å². The lowest BCUT2D eigenvalue weighted by atomic mass is 10.1. The van der Waals surface area contributed by atoms with Gasteiger partial charge in [-0.25, -0.2) is 4.98 Å². The van der Waals surface area contributed by atoms with Gasteiger partial charge in [0.2, 0.25) is 0 Å². The molecule has 0 saturated carbocycles. The minimum absolute atomic E-state index is 0.399. The highest BCUT2D eigenvalue weighted by atomic mass is 32.1. The number of primary amides is 1. The van der Waals surface area contributed by atoms with Crippen molar-refractivity contribution in [3.8, 4) is 21.8 Å². The predicted molar refractivity (Wildman–Crippen MR) is 81.1 cm³/mol. The topological polar surface area (TPSA) is 73.8 Å². The number of nitrogens with two attached hydrogens (primary N) is 1. The Bertz CT molecular complexity index is 878. The summed E-state index contributed by atoms with van der Waals surface area (Å²) in [5.41, 5.74) is 10.1. The summed E-state index contributed by atoms with van der Waals surface area (Å²) in [6.45, 7) is 0. The second-order valence-electron chi connectivity index (χ2n) is 5.02. The molecule has 1 aliphatic rings. The van der Waals surface area contributed by atoms with Crippen molar-refractivity contribution in [3.05, 3.63) is 46.6 Å². The van der Waals surface area contributed by atoms with Crippen molar-refractivity contribution in [2.45, 2.75) is 6.42 Å². The number of thiazole rings is 1. The molecule has 3 aromatic rings. The van der Waals surface area contributed by atoms with Gasteiger partial charge in [-0.1, -0.05) is 24.3 Å². The Kier molecular flexibility index (Phi) is 2.49. The van der Waals surface area contributed by atoms with Crippen molar-refractivity contribution in [1.29, 1.82) is 0 Å². The Morgan fingerprint density at radius 2 is 2.14 bits per heavy atom. The maximum atomic E-state index is 11.6. The smallest absolute Gasteiger partial charge is 0.267 e. The highest BCUT2D eigenvalue weighted by molar-refractivity contribution is 7.15. The Hall–Kier alpha value is -2.47. The molecule has 1 aromatic carbocycles. The monoisotopic (exact) mass is 296 g/mol. The van der Waals surface area contributed by atoms with E-state index >= 15 is 0 Å². The zero-order valence-electron chi connectivity index (χ0n) is 11.3. The van der Waals surface area contributed by atoms with Crippen LogP contribution in [0.25, 0.3) is 21.8 Å². The van der Waals surface area contributed by atoms with Gasteiger partial charge in [0.25, 0.3) is 5.91 Å². The number of hydrogen-bond acceptors (Lipinski definition) is 4. The largest absolute Gasteiger partial charge is 0.364 e. The van der Waals surface area contributed by atoms with E-state index in [9.17, 15) is 4.79 Å². The lowest BCUT2D eigenvalue weighted by Gasteiger charge is -2.00. The molecule has 1 aliphatic carbocycles. The first-order valence-electron chi connectivity index (χ1n) is 6.55. The number of aromatic nitrogens is 3. The summed E-state index contributed by atoms with van der Waals surface area (Å²) in [5, 5.41) is 4.93. The number of aryl methyl sites for hydroxylation is 1. The summed E-state index contributed by atoms with van der Waals surface area (Å²) < 4.78 is 1.50. The van der Waals surface area contributed by atoms with Gasteiger partial charge in [0.05, 0.1) is 17.5 Å². The van der Waals surface area contributed by atoms with E-state index in [1.165, 1.54) is 20.7 Å². The van der Waals surface area contributed by atoms with E-state index in [2.05, 4.69) is 17.2 Å². The van der Waals surface area contributed by atoms with Crippen molar-refractivity contribution in [2.24, 2.45) is 12.8 Å². The molecule has 5 nitrogen and oxygen atoms in total. The van der Waals surface area contributed by atoms with E-state index in [1.807, 2.05) is 12.1 Å². The molecule has 0 fully saturated rings. The van der Waals surface area contributed by atoms with Crippen molar-refractivity contribution in [2.75, 3.05) is 0 Å². The minimum Gasteiger partial charge on any atom is -0.364 e. The number of hydrogen-bond donors (Lipinski definition) is 1. The number of fused-ring (bicyclic) bond motifs is 3. The quantitative estimate of drug-likeness (QED) is 0.616. The highest BCUT2D eigenvalue weighted by Gasteiger charge is 2.25. The molecule has 2 heterocycles. The predicted octanol–water partition coefficient (Wildman–Crippen LogP) is 2.21. The van der Waals surface area contributed by atoms with Gasteiger partial charge in [0, 0.05) is 23.9 Å². The molecule has 2 aromatic heterocycles. The van der Waals surface area contributed by atoms with Crippen LogP contribution in [-0.2, 0) is 13.5 Å². The van der Waals surface area contributed by atoms with Crippen LogP contribution in [0.15, 0.2) is 30.5 Å². The Balaban J connectivity index is 1.87. The molecule has 4 rings (SSSR count). The van der Waals surface area contributed by atoms with E-state index in [-0.39, 0.29) is 0 Å². The third-order valence-corrected chi connectivity index (χ3v) is 4.81. The summed E-state index contributed by atoms with van der Waals surface area (Å²) in [5.74, 6) is -0.485. The molecule has 0 radical (unpaired) electrons. The van der Waals surface area contributed by atoms with Crippen LogP contribution in [0, 0.1) is 0 Å². The van der Waals surface area contributed by atoms with Crippen molar-refractivity contribution >= 4 is 17.2 Å². The van der Waals surface area contributed by atoms with E-state index < -0.39 is 5.91 Å². The average molecular weight is 296 g/mol. The van der Waals surface area contributed by atoms with Crippen LogP contribution < -0.4 is 5.73 Å². The van der Waals surface area contributed by atoms with Gasteiger partial charge in [-0.05, 0) is 5.56 Å². The third kappa shape index (κ3) is 1.72. The number of amides is 1. The molecule has 0 unspecified atom stereocenters. The van der Waals surface area contributed by atoms with Crippen LogP contribution >= 0.6 is 11.3 Å². The van der Waals surface area contributed by atoms with Crippen molar-refractivity contribution in [3.63, 3.8) is 0 Å². The maximum Gasteiger partial charge on any atom is 0.267 e. The summed E-state index contributed by atoms with van der Waals surface area (Å²) in [6.07, 6.45) is 2.55. The number of nitrogens with zero attached hydrogens (tertiary/aromatic N) is 3. The van der Waals surface area contributed by atoms with Crippen LogP contribution in [0.4, 0.5) is 0 Å². The fourth-order valence-corrected chi connectivity index (χ4v) is 3.87. The molecular weight excluding hydrogens is 284 g/mol. The van der Waals surface area contributed by atoms with Crippen LogP contribution in [0.5, 0.6) is 0 Å². The van der Waals surface area contributed by atoms with Crippen LogP contribution in [-0.4, -0.2) is 20.7 Å². The van der Waals surface area contributed by atoms with Gasteiger partial charge >= 0.3 is 0 Å². The molecule has 0 spiro atoms. The van der Waals surface area contributed by atoms with Crippen molar-refractivity contribution < 1.29 is 4.79 Å². The molecule has 0 saturated heterocycles. The Morgan fingerprint density at radius 1 is 1.33 bits per heavy atom. The zero-order valence-corrected chi connectivity index (χ0v) is 12.1. The first kappa shape index (κ1) is 12.3. The second-order valence-corrected chi connectivity index (χ2v) is 6.10. The fraction of sp³-hybridized carbons (Fsp3) is 0.133. The molecular formula is C15H12N4OS. The van der Waals surface area contributed by atoms with Gasteiger partial charge < -0.3 is 5.73 Å². The first-order chi connectivity index (χ1) is 10.1. The van der Waals surface area contributed by atoms with E-state index in [4.69, 9.17) is 10.7 Å². The fourth-order valence-electron chi connectivity index (χ4n) is 2.76. The SMILES string of the molecule is Cn1ncc(-c2nc3c(s2)Cc2ccccc2-3)c1C(N)=O. The molecule has 6 heteroatoms. The van der Waals surface area contributed by atoms with Gasteiger partial charge in [0.1, 0.15) is 10.7 Å². The first-order valence-corrected chi connectivity index (χ1v) is 7.37. The van der Waals surface area contributed by atoms with Crippen molar-refractivity contribution in [1.82, 2.24) is 14.8 Å². The second kappa shape index (κ2) is 4.26. The average Bonchev–Trinajstić information content (AvgIpc) is 3.09. The van der Waals surface area contributed by atoms with E-state index in [0.29, 0.717) is 11.3 Å². The van der Waals surface area contributed by atoms with Crippen LogP contribution in [0.3, 0.4) is 0 Å². The lowest BCUT2D eigenvalue weighted by Crippen LogP contribution is -2.16. The number of carbonyl (C=O) groups excluding carboxylic acids is 1. The minimum atomic E-state index is -0.485. The highest BCUT2D eigenvalue weighted by Crippen LogP contribution is 2.42. The summed E-state index contributed by atoms with van der Waals surface area (Å²) in [7, 11) is 1.71. The van der Waals surface area contributed by atoms with Crippen LogP contribution in [0.2, 0.25) is 0 Å².